The Morgan fingerprint density at radius 3 is 1.80 bits per heavy atom. The van der Waals surface area contributed by atoms with E-state index in [0.717, 1.165) is 77.4 Å². The summed E-state index contributed by atoms with van der Waals surface area (Å²) in [7, 11) is 0. The minimum absolute atomic E-state index is 0.566. The van der Waals surface area contributed by atoms with E-state index >= 15 is 0 Å². The maximum atomic E-state index is 6.77. The lowest BCUT2D eigenvalue weighted by atomic mass is 10.0. The van der Waals surface area contributed by atoms with Crippen molar-refractivity contribution in [2.24, 2.45) is 0 Å². The lowest BCUT2D eigenvalue weighted by molar-refractivity contribution is 0.669. The number of para-hydroxylation sites is 1. The maximum absolute atomic E-state index is 6.77. The van der Waals surface area contributed by atoms with E-state index in [2.05, 4.69) is 181 Å². The van der Waals surface area contributed by atoms with Crippen LogP contribution in [-0.4, -0.2) is 15.0 Å². The quantitative estimate of drug-likeness (QED) is 0.161. The fraction of sp³-hybridized carbons (Fsp3) is 0. The molecule has 286 valence electrons. The first kappa shape index (κ1) is 35.1. The molecule has 0 saturated heterocycles. The number of aromatic nitrogens is 3. The molecule has 3 aromatic heterocycles. The molecule has 0 amide bonds. The van der Waals surface area contributed by atoms with Gasteiger partial charge in [-0.3, -0.25) is 0 Å². The van der Waals surface area contributed by atoms with Crippen LogP contribution in [0.25, 0.3) is 98.2 Å². The molecule has 0 bridgehead atoms. The summed E-state index contributed by atoms with van der Waals surface area (Å²) in [6, 6.07) is 72.1. The third-order valence-corrected chi connectivity index (χ3v) is 12.6. The highest BCUT2D eigenvalue weighted by Gasteiger charge is 2.24. The fourth-order valence-electron chi connectivity index (χ4n) is 8.70. The summed E-state index contributed by atoms with van der Waals surface area (Å²) in [4.78, 5) is 18.3. The second-order valence-corrected chi connectivity index (χ2v) is 16.2. The summed E-state index contributed by atoms with van der Waals surface area (Å²) in [5.41, 5.74) is 9.57. The van der Waals surface area contributed by atoms with Crippen molar-refractivity contribution in [2.75, 3.05) is 4.90 Å². The monoisotopic (exact) mass is 798 g/mol. The zero-order valence-corrected chi connectivity index (χ0v) is 33.6. The second kappa shape index (κ2) is 14.4. The summed E-state index contributed by atoms with van der Waals surface area (Å²) in [6.45, 7) is 0. The van der Waals surface area contributed by atoms with Gasteiger partial charge < -0.3 is 9.32 Å². The van der Waals surface area contributed by atoms with Crippen LogP contribution in [0.3, 0.4) is 0 Å². The Morgan fingerprint density at radius 1 is 0.377 bits per heavy atom. The maximum Gasteiger partial charge on any atom is 0.164 e. The van der Waals surface area contributed by atoms with Crippen LogP contribution in [0.1, 0.15) is 0 Å². The highest BCUT2D eigenvalue weighted by Crippen LogP contribution is 2.46. The van der Waals surface area contributed by atoms with Crippen LogP contribution in [0, 0.1) is 0 Å². The molecule has 0 aliphatic carbocycles. The van der Waals surface area contributed by atoms with Gasteiger partial charge in [0.25, 0.3) is 0 Å². The molecular weight excluding hydrogens is 765 g/mol. The number of thiophene rings is 1. The highest BCUT2D eigenvalue weighted by molar-refractivity contribution is 7.25. The SMILES string of the molecule is c1ccc(-c2ccc(N(c3cc(-c4nc(-c5ccccc5)nc(-c5cccc6sc7ccccc7c56)n4)c4c(c3)oc3ccccc34)c3cccc4ccccc34)cc2)cc1. The molecule has 0 radical (unpaired) electrons. The standard InChI is InChI=1S/C55H34N4OS/c1-3-15-35(16-4-1)36-29-31-39(32-30-36)59(46-25-13-20-37-17-7-8-21-41(37)46)40-33-45(51-42-22-9-11-26-47(42)60-48(51)34-40)55-57-53(38-18-5-2-6-19-38)56-54(58-55)44-24-14-28-50-52(44)43-23-10-12-27-49(43)61-50/h1-34H. The van der Waals surface area contributed by atoms with Gasteiger partial charge in [0.05, 0.1) is 11.4 Å². The average Bonchev–Trinajstić information content (AvgIpc) is 3.91. The van der Waals surface area contributed by atoms with Gasteiger partial charge >= 0.3 is 0 Å². The van der Waals surface area contributed by atoms with Gasteiger partial charge in [-0.1, -0.05) is 158 Å². The van der Waals surface area contributed by atoms with Gasteiger partial charge in [-0.05, 0) is 59.0 Å². The van der Waals surface area contributed by atoms with E-state index in [1.807, 2.05) is 30.3 Å². The molecule has 9 aromatic carbocycles. The minimum Gasteiger partial charge on any atom is -0.456 e. The molecule has 61 heavy (non-hydrogen) atoms. The molecule has 12 aromatic rings. The van der Waals surface area contributed by atoms with Crippen LogP contribution >= 0.6 is 11.3 Å². The summed E-state index contributed by atoms with van der Waals surface area (Å²) in [5, 5.41) is 6.57. The predicted molar refractivity (Wildman–Crippen MR) is 254 cm³/mol. The number of benzene rings is 9. The van der Waals surface area contributed by atoms with E-state index in [0.29, 0.717) is 17.5 Å². The van der Waals surface area contributed by atoms with Crippen molar-refractivity contribution in [2.45, 2.75) is 0 Å². The van der Waals surface area contributed by atoms with Gasteiger partial charge in [0, 0.05) is 64.8 Å². The first-order chi connectivity index (χ1) is 30.2. The lowest BCUT2D eigenvalue weighted by Gasteiger charge is -2.27. The van der Waals surface area contributed by atoms with Crippen molar-refractivity contribution in [1.29, 1.82) is 0 Å². The summed E-state index contributed by atoms with van der Waals surface area (Å²) < 4.78 is 9.19. The smallest absolute Gasteiger partial charge is 0.164 e. The van der Waals surface area contributed by atoms with E-state index in [1.54, 1.807) is 11.3 Å². The number of furan rings is 1. The van der Waals surface area contributed by atoms with Crippen molar-refractivity contribution < 1.29 is 4.42 Å². The normalized spacial score (nSPS) is 11.6. The molecule has 0 aliphatic rings. The molecule has 3 heterocycles. The van der Waals surface area contributed by atoms with Crippen molar-refractivity contribution in [3.63, 3.8) is 0 Å². The Hall–Kier alpha value is -7.93. The van der Waals surface area contributed by atoms with Gasteiger partial charge in [0.1, 0.15) is 11.2 Å². The molecule has 0 aliphatic heterocycles. The zero-order chi connectivity index (χ0) is 40.3. The van der Waals surface area contributed by atoms with Crippen LogP contribution in [0.2, 0.25) is 0 Å². The van der Waals surface area contributed by atoms with Gasteiger partial charge in [-0.15, -0.1) is 11.3 Å². The van der Waals surface area contributed by atoms with E-state index in [-0.39, 0.29) is 0 Å². The number of fused-ring (bicyclic) bond motifs is 7. The Kier molecular flexibility index (Phi) is 8.28. The van der Waals surface area contributed by atoms with Crippen molar-refractivity contribution >= 4 is 81.3 Å². The number of hydrogen-bond acceptors (Lipinski definition) is 6. The Morgan fingerprint density at radius 2 is 0.984 bits per heavy atom. The third kappa shape index (κ3) is 6.04. The van der Waals surface area contributed by atoms with Crippen LogP contribution in [0.5, 0.6) is 0 Å². The van der Waals surface area contributed by atoms with Gasteiger partial charge in [-0.2, -0.15) is 0 Å². The molecule has 0 saturated carbocycles. The van der Waals surface area contributed by atoms with Gasteiger partial charge in [0.15, 0.2) is 17.5 Å². The Labute approximate surface area is 355 Å². The van der Waals surface area contributed by atoms with Gasteiger partial charge in [0.2, 0.25) is 0 Å². The van der Waals surface area contributed by atoms with Crippen LogP contribution in [-0.2, 0) is 0 Å². The van der Waals surface area contributed by atoms with E-state index in [4.69, 9.17) is 19.4 Å². The van der Waals surface area contributed by atoms with Crippen LogP contribution in [0.15, 0.2) is 211 Å². The first-order valence-electron chi connectivity index (χ1n) is 20.3. The number of anilines is 3. The molecule has 0 unspecified atom stereocenters. The molecule has 0 N–H and O–H groups in total. The largest absolute Gasteiger partial charge is 0.456 e. The van der Waals surface area contributed by atoms with Crippen LogP contribution in [0.4, 0.5) is 17.1 Å². The molecule has 6 heteroatoms. The molecular formula is C55H34N4OS. The molecule has 0 atom stereocenters. The number of nitrogens with zero attached hydrogens (tertiary/aromatic N) is 4. The average molecular weight is 799 g/mol. The number of hydrogen-bond donors (Lipinski definition) is 0. The minimum atomic E-state index is 0.566. The predicted octanol–water partition coefficient (Wildman–Crippen LogP) is 15.4. The highest BCUT2D eigenvalue weighted by atomic mass is 32.1. The molecule has 0 fully saturated rings. The van der Waals surface area contributed by atoms with Crippen molar-refractivity contribution in [1.82, 2.24) is 15.0 Å². The molecule has 5 nitrogen and oxygen atoms in total. The zero-order valence-electron chi connectivity index (χ0n) is 32.7. The van der Waals surface area contributed by atoms with Gasteiger partial charge in [-0.25, -0.2) is 15.0 Å². The molecule has 12 rings (SSSR count). The fourth-order valence-corrected chi connectivity index (χ4v) is 9.84. The molecule has 0 spiro atoms. The van der Waals surface area contributed by atoms with E-state index < -0.39 is 0 Å². The summed E-state index contributed by atoms with van der Waals surface area (Å²) in [6.07, 6.45) is 0. The van der Waals surface area contributed by atoms with E-state index in [1.165, 1.54) is 20.3 Å². The first-order valence-corrected chi connectivity index (χ1v) is 21.2. The second-order valence-electron chi connectivity index (χ2n) is 15.2. The van der Waals surface area contributed by atoms with E-state index in [9.17, 15) is 0 Å². The third-order valence-electron chi connectivity index (χ3n) is 11.5. The van der Waals surface area contributed by atoms with Crippen molar-refractivity contribution in [3.8, 4) is 45.3 Å². The number of rotatable bonds is 7. The summed E-state index contributed by atoms with van der Waals surface area (Å²) >= 11 is 1.79. The Balaban J connectivity index is 1.14. The topological polar surface area (TPSA) is 55.1 Å². The summed E-state index contributed by atoms with van der Waals surface area (Å²) in [5.74, 6) is 1.79. The Bertz CT molecular complexity index is 3590. The van der Waals surface area contributed by atoms with Crippen LogP contribution < -0.4 is 4.90 Å². The lowest BCUT2D eigenvalue weighted by Crippen LogP contribution is -2.11. The van der Waals surface area contributed by atoms with Crippen molar-refractivity contribution in [3.05, 3.63) is 206 Å².